The molecule has 2 saturated heterocycles. The van der Waals surface area contributed by atoms with Crippen LogP contribution in [0, 0.1) is 5.92 Å². The van der Waals surface area contributed by atoms with Gasteiger partial charge in [-0.3, -0.25) is 0 Å². The van der Waals surface area contributed by atoms with Crippen molar-refractivity contribution in [3.05, 3.63) is 0 Å². The summed E-state index contributed by atoms with van der Waals surface area (Å²) in [6.07, 6.45) is 10.6. The zero-order valence-electron chi connectivity index (χ0n) is 12.3. The summed E-state index contributed by atoms with van der Waals surface area (Å²) in [5.41, 5.74) is 0.0439. The molecule has 0 aromatic carbocycles. The van der Waals surface area contributed by atoms with Crippen LogP contribution < -0.4 is 5.32 Å². The summed E-state index contributed by atoms with van der Waals surface area (Å²) in [7, 11) is 0. The van der Waals surface area contributed by atoms with E-state index in [-0.39, 0.29) is 5.60 Å². The molecule has 0 radical (unpaired) electrons. The fraction of sp³-hybridized carbons (Fsp3) is 1.00. The van der Waals surface area contributed by atoms with Gasteiger partial charge in [0.15, 0.2) is 0 Å². The molecule has 3 nitrogen and oxygen atoms in total. The lowest BCUT2D eigenvalue weighted by Crippen LogP contribution is -2.51. The first kappa shape index (κ1) is 13.8. The third-order valence-corrected chi connectivity index (χ3v) is 5.42. The lowest BCUT2D eigenvalue weighted by molar-refractivity contribution is -0.0909. The zero-order valence-corrected chi connectivity index (χ0v) is 12.3. The smallest absolute Gasteiger partial charge is 0.0951 e. The van der Waals surface area contributed by atoms with E-state index in [1.54, 1.807) is 0 Å². The van der Waals surface area contributed by atoms with Crippen molar-refractivity contribution in [3.8, 4) is 0 Å². The van der Waals surface area contributed by atoms with Gasteiger partial charge in [-0.25, -0.2) is 0 Å². The number of hydrogen-bond acceptors (Lipinski definition) is 3. The Labute approximate surface area is 117 Å². The lowest BCUT2D eigenvalue weighted by Gasteiger charge is -2.40. The molecule has 3 atom stereocenters. The number of hydrogen-bond donors (Lipinski definition) is 1. The van der Waals surface area contributed by atoms with Crippen LogP contribution in [0.15, 0.2) is 0 Å². The number of rotatable bonds is 3. The van der Waals surface area contributed by atoms with Crippen LogP contribution in [0.1, 0.15) is 58.3 Å². The summed E-state index contributed by atoms with van der Waals surface area (Å²) in [5, 5.41) is 3.90. The molecule has 1 saturated carbocycles. The van der Waals surface area contributed by atoms with Gasteiger partial charge in [0.05, 0.1) is 12.2 Å². The van der Waals surface area contributed by atoms with Gasteiger partial charge in [-0.15, -0.1) is 0 Å². The van der Waals surface area contributed by atoms with Gasteiger partial charge >= 0.3 is 0 Å². The first-order chi connectivity index (χ1) is 9.27. The van der Waals surface area contributed by atoms with Crippen LogP contribution in [0.5, 0.6) is 0 Å². The van der Waals surface area contributed by atoms with Crippen LogP contribution in [-0.2, 0) is 9.47 Å². The van der Waals surface area contributed by atoms with Gasteiger partial charge in [-0.1, -0.05) is 19.3 Å². The van der Waals surface area contributed by atoms with Crippen LogP contribution in [0.4, 0.5) is 0 Å². The Morgan fingerprint density at radius 2 is 1.95 bits per heavy atom. The van der Waals surface area contributed by atoms with Gasteiger partial charge in [0.1, 0.15) is 0 Å². The Bertz CT molecular complexity index is 282. The van der Waals surface area contributed by atoms with E-state index in [2.05, 4.69) is 12.2 Å². The molecule has 2 unspecified atom stereocenters. The molecule has 0 aromatic rings. The molecule has 3 aliphatic rings. The molecule has 0 bridgehead atoms. The van der Waals surface area contributed by atoms with Crippen molar-refractivity contribution < 1.29 is 9.47 Å². The molecule has 3 heteroatoms. The van der Waals surface area contributed by atoms with Crippen LogP contribution in [-0.4, -0.2) is 37.5 Å². The fourth-order valence-electron chi connectivity index (χ4n) is 4.18. The Morgan fingerprint density at radius 3 is 2.68 bits per heavy atom. The lowest BCUT2D eigenvalue weighted by atomic mass is 9.83. The van der Waals surface area contributed by atoms with Gasteiger partial charge in [0.25, 0.3) is 0 Å². The van der Waals surface area contributed by atoms with Gasteiger partial charge < -0.3 is 14.8 Å². The third kappa shape index (κ3) is 3.32. The van der Waals surface area contributed by atoms with Crippen LogP contribution in [0.3, 0.4) is 0 Å². The minimum atomic E-state index is 0.0439. The molecule has 3 fully saturated rings. The second-order valence-electron chi connectivity index (χ2n) is 6.88. The maximum atomic E-state index is 6.02. The summed E-state index contributed by atoms with van der Waals surface area (Å²) in [6, 6.07) is 1.30. The van der Waals surface area contributed by atoms with E-state index >= 15 is 0 Å². The highest BCUT2D eigenvalue weighted by atomic mass is 16.6. The second-order valence-corrected chi connectivity index (χ2v) is 6.88. The van der Waals surface area contributed by atoms with E-state index < -0.39 is 0 Å². The molecule has 1 spiro atoms. The highest BCUT2D eigenvalue weighted by Crippen LogP contribution is 2.34. The molecular weight excluding hydrogens is 238 g/mol. The Kier molecular flexibility index (Phi) is 4.45. The normalized spacial score (nSPS) is 38.7. The number of nitrogens with one attached hydrogen (secondary N) is 1. The van der Waals surface area contributed by atoms with E-state index in [4.69, 9.17) is 9.47 Å². The number of ether oxygens (including phenoxy) is 2. The third-order valence-electron chi connectivity index (χ3n) is 5.42. The Balaban J connectivity index is 1.51. The highest BCUT2D eigenvalue weighted by Gasteiger charge is 2.41. The summed E-state index contributed by atoms with van der Waals surface area (Å²) in [5.74, 6) is 0.896. The molecule has 2 aliphatic heterocycles. The predicted molar refractivity (Wildman–Crippen MR) is 76.3 cm³/mol. The fourth-order valence-corrected chi connectivity index (χ4v) is 4.18. The van der Waals surface area contributed by atoms with Crippen molar-refractivity contribution in [2.24, 2.45) is 5.92 Å². The summed E-state index contributed by atoms with van der Waals surface area (Å²) in [6.45, 7) is 4.98. The highest BCUT2D eigenvalue weighted by molar-refractivity contribution is 4.94. The maximum Gasteiger partial charge on any atom is 0.0951 e. The molecule has 0 amide bonds. The van der Waals surface area contributed by atoms with E-state index in [1.165, 1.54) is 38.5 Å². The maximum absolute atomic E-state index is 6.02. The van der Waals surface area contributed by atoms with E-state index in [9.17, 15) is 0 Å². The van der Waals surface area contributed by atoms with E-state index in [0.717, 1.165) is 38.6 Å². The monoisotopic (exact) mass is 267 g/mol. The van der Waals surface area contributed by atoms with Crippen LogP contribution in [0.2, 0.25) is 0 Å². The summed E-state index contributed by atoms with van der Waals surface area (Å²) < 4.78 is 11.6. The standard InChI is InChI=1S/C16H29NO2/c1-13(14-5-3-2-4-6-14)17-15-7-9-19-16(11-15)8-10-18-12-16/h13-15,17H,2-12H2,1H3/t13-,15?,16?/m0/s1. The molecule has 1 N–H and O–H groups in total. The first-order valence-corrected chi connectivity index (χ1v) is 8.25. The predicted octanol–water partition coefficient (Wildman–Crippen LogP) is 2.88. The second kappa shape index (κ2) is 6.11. The van der Waals surface area contributed by atoms with E-state index in [0.29, 0.717) is 12.1 Å². The van der Waals surface area contributed by atoms with Crippen molar-refractivity contribution in [2.45, 2.75) is 76.0 Å². The quantitative estimate of drug-likeness (QED) is 0.853. The van der Waals surface area contributed by atoms with Crippen molar-refractivity contribution in [2.75, 3.05) is 19.8 Å². The topological polar surface area (TPSA) is 30.5 Å². The molecular formula is C16H29NO2. The average molecular weight is 267 g/mol. The Hall–Kier alpha value is -0.120. The van der Waals surface area contributed by atoms with Crippen molar-refractivity contribution in [1.82, 2.24) is 5.32 Å². The molecule has 110 valence electrons. The zero-order chi connectivity index (χ0) is 13.1. The van der Waals surface area contributed by atoms with E-state index in [1.807, 2.05) is 0 Å². The minimum Gasteiger partial charge on any atom is -0.378 e. The van der Waals surface area contributed by atoms with Crippen LogP contribution >= 0.6 is 0 Å². The largest absolute Gasteiger partial charge is 0.378 e. The molecule has 2 heterocycles. The van der Waals surface area contributed by atoms with Gasteiger partial charge in [-0.2, -0.15) is 0 Å². The van der Waals surface area contributed by atoms with Gasteiger partial charge in [-0.05, 0) is 38.5 Å². The molecule has 3 rings (SSSR count). The van der Waals surface area contributed by atoms with Gasteiger partial charge in [0.2, 0.25) is 0 Å². The van der Waals surface area contributed by atoms with Crippen molar-refractivity contribution in [1.29, 1.82) is 0 Å². The van der Waals surface area contributed by atoms with Crippen molar-refractivity contribution >= 4 is 0 Å². The van der Waals surface area contributed by atoms with Gasteiger partial charge in [0, 0.05) is 31.7 Å². The molecule has 19 heavy (non-hydrogen) atoms. The molecule has 0 aromatic heterocycles. The SMILES string of the molecule is C[C@H](NC1CCOC2(CCOC2)C1)C1CCCCC1. The summed E-state index contributed by atoms with van der Waals surface area (Å²) >= 11 is 0. The molecule has 1 aliphatic carbocycles. The van der Waals surface area contributed by atoms with Crippen molar-refractivity contribution in [3.63, 3.8) is 0 Å². The summed E-state index contributed by atoms with van der Waals surface area (Å²) in [4.78, 5) is 0. The van der Waals surface area contributed by atoms with Crippen LogP contribution in [0.25, 0.3) is 0 Å². The minimum absolute atomic E-state index is 0.0439. The Morgan fingerprint density at radius 1 is 1.11 bits per heavy atom. The average Bonchev–Trinajstić information content (AvgIpc) is 2.88. The first-order valence-electron chi connectivity index (χ1n) is 8.25.